The van der Waals surface area contributed by atoms with Gasteiger partial charge in [-0.3, -0.25) is 0 Å². The summed E-state index contributed by atoms with van der Waals surface area (Å²) in [6.45, 7) is 2.37. The van der Waals surface area contributed by atoms with Gasteiger partial charge in [-0.15, -0.1) is 0 Å². The molecule has 1 N–H and O–H groups in total. The molecule has 0 amide bonds. The molecule has 1 saturated carbocycles. The van der Waals surface area contributed by atoms with Crippen LogP contribution in [0.1, 0.15) is 68.4 Å². The van der Waals surface area contributed by atoms with Crippen LogP contribution in [-0.2, 0) is 0 Å². The van der Waals surface area contributed by atoms with Crippen molar-refractivity contribution in [1.82, 2.24) is 0 Å². The molecule has 1 nitrogen and oxygen atoms in total. The van der Waals surface area contributed by atoms with Gasteiger partial charge in [0.1, 0.15) is 0 Å². The topological polar surface area (TPSA) is 20.2 Å². The van der Waals surface area contributed by atoms with E-state index in [1.54, 1.807) is 0 Å². The maximum atomic E-state index is 9.37. The molecule has 0 heterocycles. The summed E-state index contributed by atoms with van der Waals surface area (Å²) in [6, 6.07) is 8.72. The molecule has 94 valence electrons. The summed E-state index contributed by atoms with van der Waals surface area (Å²) in [7, 11) is 0. The third-order valence-electron chi connectivity index (χ3n) is 4.10. The van der Waals surface area contributed by atoms with Crippen molar-refractivity contribution in [3.63, 3.8) is 0 Å². The van der Waals surface area contributed by atoms with Gasteiger partial charge in [0.05, 0.1) is 0 Å². The fourth-order valence-electron chi connectivity index (χ4n) is 3.02. The molecule has 0 spiro atoms. The van der Waals surface area contributed by atoms with Crippen LogP contribution in [0.25, 0.3) is 0 Å². The van der Waals surface area contributed by atoms with Crippen LogP contribution in [0.3, 0.4) is 0 Å². The Kier molecular flexibility index (Phi) is 4.61. The largest absolute Gasteiger partial charge is 0.396 e. The molecule has 0 radical (unpaired) electrons. The summed E-state index contributed by atoms with van der Waals surface area (Å²) in [5.74, 6) is 0.997. The van der Waals surface area contributed by atoms with Crippen LogP contribution in [0, 0.1) is 0 Å². The average molecular weight is 232 g/mol. The summed E-state index contributed by atoms with van der Waals surface area (Å²) in [5, 5.41) is 9.37. The Morgan fingerprint density at radius 1 is 1.12 bits per heavy atom. The lowest BCUT2D eigenvalue weighted by Crippen LogP contribution is -2.07. The van der Waals surface area contributed by atoms with E-state index in [9.17, 15) is 5.11 Å². The van der Waals surface area contributed by atoms with Crippen LogP contribution in [0.15, 0.2) is 24.3 Å². The number of aliphatic hydroxyl groups is 1. The minimum Gasteiger partial charge on any atom is -0.396 e. The molecule has 0 aromatic heterocycles. The summed E-state index contributed by atoms with van der Waals surface area (Å²) in [4.78, 5) is 0. The van der Waals surface area contributed by atoms with E-state index in [-0.39, 0.29) is 12.5 Å². The SMILES string of the molecule is CC(CO)c1ccccc1C1CCCCCC1. The molecule has 0 aliphatic heterocycles. The zero-order valence-electron chi connectivity index (χ0n) is 10.9. The van der Waals surface area contributed by atoms with Crippen LogP contribution in [0.5, 0.6) is 0 Å². The van der Waals surface area contributed by atoms with Crippen molar-refractivity contribution in [2.75, 3.05) is 6.61 Å². The highest BCUT2D eigenvalue weighted by Crippen LogP contribution is 2.35. The molecule has 1 heteroatoms. The molecule has 1 fully saturated rings. The number of rotatable bonds is 3. The zero-order valence-corrected chi connectivity index (χ0v) is 10.9. The Hall–Kier alpha value is -0.820. The molecule has 0 saturated heterocycles. The van der Waals surface area contributed by atoms with E-state index < -0.39 is 0 Å². The average Bonchev–Trinajstić information content (AvgIpc) is 2.66. The van der Waals surface area contributed by atoms with E-state index in [1.807, 2.05) is 0 Å². The van der Waals surface area contributed by atoms with Crippen molar-refractivity contribution in [2.45, 2.75) is 57.3 Å². The zero-order chi connectivity index (χ0) is 12.1. The second-order valence-corrected chi connectivity index (χ2v) is 5.40. The Bertz CT molecular complexity index is 337. The van der Waals surface area contributed by atoms with Gasteiger partial charge in [-0.05, 0) is 29.9 Å². The van der Waals surface area contributed by atoms with Crippen molar-refractivity contribution >= 4 is 0 Å². The Labute approximate surface area is 105 Å². The highest BCUT2D eigenvalue weighted by molar-refractivity contribution is 5.33. The maximum Gasteiger partial charge on any atom is 0.0497 e. The molecule has 0 bridgehead atoms. The molecular formula is C16H24O. The number of hydrogen-bond donors (Lipinski definition) is 1. The van der Waals surface area contributed by atoms with E-state index in [0.717, 1.165) is 5.92 Å². The Morgan fingerprint density at radius 3 is 2.41 bits per heavy atom. The highest BCUT2D eigenvalue weighted by atomic mass is 16.3. The highest BCUT2D eigenvalue weighted by Gasteiger charge is 2.19. The third-order valence-corrected chi connectivity index (χ3v) is 4.10. The van der Waals surface area contributed by atoms with Gasteiger partial charge in [-0.25, -0.2) is 0 Å². The molecule has 1 aliphatic carbocycles. The van der Waals surface area contributed by atoms with Crippen molar-refractivity contribution in [3.05, 3.63) is 35.4 Å². The van der Waals surface area contributed by atoms with E-state index in [4.69, 9.17) is 0 Å². The molecular weight excluding hydrogens is 208 g/mol. The molecule has 1 aromatic carbocycles. The lowest BCUT2D eigenvalue weighted by Gasteiger charge is -2.21. The lowest BCUT2D eigenvalue weighted by molar-refractivity contribution is 0.272. The lowest BCUT2D eigenvalue weighted by atomic mass is 9.84. The molecule has 1 atom stereocenters. The van der Waals surface area contributed by atoms with Gasteiger partial charge in [0, 0.05) is 12.5 Å². The minimum atomic E-state index is 0.254. The quantitative estimate of drug-likeness (QED) is 0.774. The molecule has 1 aromatic rings. The van der Waals surface area contributed by atoms with Gasteiger partial charge in [-0.1, -0.05) is 56.9 Å². The van der Waals surface area contributed by atoms with Crippen molar-refractivity contribution < 1.29 is 5.11 Å². The normalized spacial score (nSPS) is 19.9. The first-order chi connectivity index (χ1) is 8.33. The van der Waals surface area contributed by atoms with Gasteiger partial charge >= 0.3 is 0 Å². The van der Waals surface area contributed by atoms with Crippen molar-refractivity contribution in [1.29, 1.82) is 0 Å². The van der Waals surface area contributed by atoms with E-state index >= 15 is 0 Å². The first-order valence-corrected chi connectivity index (χ1v) is 7.02. The molecule has 2 rings (SSSR count). The van der Waals surface area contributed by atoms with E-state index in [2.05, 4.69) is 31.2 Å². The standard InChI is InChI=1S/C16H24O/c1-13(12-17)15-10-6-7-11-16(15)14-8-4-2-3-5-9-14/h6-7,10-11,13-14,17H,2-5,8-9,12H2,1H3. The molecule has 1 aliphatic rings. The van der Waals surface area contributed by atoms with Crippen LogP contribution in [-0.4, -0.2) is 11.7 Å². The van der Waals surface area contributed by atoms with Gasteiger partial charge in [0.2, 0.25) is 0 Å². The van der Waals surface area contributed by atoms with E-state index in [1.165, 1.54) is 49.7 Å². The predicted octanol–water partition coefficient (Wildman–Crippen LogP) is 4.22. The molecule has 17 heavy (non-hydrogen) atoms. The van der Waals surface area contributed by atoms with Crippen molar-refractivity contribution in [3.8, 4) is 0 Å². The van der Waals surface area contributed by atoms with Gasteiger partial charge < -0.3 is 5.11 Å². The van der Waals surface area contributed by atoms with Gasteiger partial charge in [-0.2, -0.15) is 0 Å². The first-order valence-electron chi connectivity index (χ1n) is 7.02. The summed E-state index contributed by atoms with van der Waals surface area (Å²) in [6.07, 6.45) is 8.19. The van der Waals surface area contributed by atoms with E-state index in [0.29, 0.717) is 0 Å². The molecule has 1 unspecified atom stereocenters. The van der Waals surface area contributed by atoms with Gasteiger partial charge in [0.15, 0.2) is 0 Å². The van der Waals surface area contributed by atoms with Crippen LogP contribution < -0.4 is 0 Å². The third kappa shape index (κ3) is 3.10. The van der Waals surface area contributed by atoms with Crippen molar-refractivity contribution in [2.24, 2.45) is 0 Å². The monoisotopic (exact) mass is 232 g/mol. The Balaban J connectivity index is 2.23. The predicted molar refractivity (Wildman–Crippen MR) is 72.4 cm³/mol. The smallest absolute Gasteiger partial charge is 0.0497 e. The van der Waals surface area contributed by atoms with Crippen LogP contribution >= 0.6 is 0 Å². The summed E-state index contributed by atoms with van der Waals surface area (Å²) >= 11 is 0. The second-order valence-electron chi connectivity index (χ2n) is 5.40. The Morgan fingerprint density at radius 2 is 1.76 bits per heavy atom. The second kappa shape index (κ2) is 6.20. The summed E-state index contributed by atoms with van der Waals surface area (Å²) < 4.78 is 0. The van der Waals surface area contributed by atoms with Crippen LogP contribution in [0.4, 0.5) is 0 Å². The fraction of sp³-hybridized carbons (Fsp3) is 0.625. The number of benzene rings is 1. The van der Waals surface area contributed by atoms with Crippen LogP contribution in [0.2, 0.25) is 0 Å². The minimum absolute atomic E-state index is 0.254. The first kappa shape index (κ1) is 12.6. The number of hydrogen-bond acceptors (Lipinski definition) is 1. The van der Waals surface area contributed by atoms with Gasteiger partial charge in [0.25, 0.3) is 0 Å². The summed E-state index contributed by atoms with van der Waals surface area (Å²) in [5.41, 5.74) is 2.86. The number of aliphatic hydroxyl groups excluding tert-OH is 1. The maximum absolute atomic E-state index is 9.37. The fourth-order valence-corrected chi connectivity index (χ4v) is 3.02.